The van der Waals surface area contributed by atoms with Crippen LogP contribution in [0.4, 0.5) is 0 Å². The molecule has 0 saturated carbocycles. The lowest BCUT2D eigenvalue weighted by Gasteiger charge is -2.03. The average Bonchev–Trinajstić information content (AvgIpc) is 2.17. The molecule has 0 unspecified atom stereocenters. The summed E-state index contributed by atoms with van der Waals surface area (Å²) >= 11 is 0. The second-order valence-electron chi connectivity index (χ2n) is 3.43. The molecule has 2 N–H and O–H groups in total. The van der Waals surface area contributed by atoms with Gasteiger partial charge < -0.3 is 0 Å². The topological polar surface area (TPSA) is 75.1 Å². The molecule has 1 rings (SSSR count). The molecule has 0 aliphatic rings. The first-order valence-electron chi connectivity index (χ1n) is 4.39. The van der Waals surface area contributed by atoms with Crippen molar-refractivity contribution >= 4 is 5.91 Å². The number of hydrogen-bond acceptors (Lipinski definition) is 4. The maximum atomic E-state index is 10.9. The lowest BCUT2D eigenvalue weighted by atomic mass is 10.1. The standard InChI is InChI=1S/C9H13N3O2/c1-6(2)3-8-10-4-7(5-11-8)9(13)12-14/h4-6,14H,3H2,1-2H3,(H,12,13). The van der Waals surface area contributed by atoms with Crippen molar-refractivity contribution in [3.8, 4) is 0 Å². The van der Waals surface area contributed by atoms with E-state index in [0.717, 1.165) is 6.42 Å². The van der Waals surface area contributed by atoms with E-state index in [-0.39, 0.29) is 5.56 Å². The molecule has 5 nitrogen and oxygen atoms in total. The highest BCUT2D eigenvalue weighted by atomic mass is 16.5. The van der Waals surface area contributed by atoms with Crippen molar-refractivity contribution < 1.29 is 10.0 Å². The molecule has 0 spiro atoms. The molecule has 76 valence electrons. The molecule has 0 aliphatic heterocycles. The summed E-state index contributed by atoms with van der Waals surface area (Å²) in [6.07, 6.45) is 3.58. The zero-order valence-electron chi connectivity index (χ0n) is 8.19. The van der Waals surface area contributed by atoms with Crippen LogP contribution >= 0.6 is 0 Å². The zero-order valence-corrected chi connectivity index (χ0v) is 8.19. The molecule has 1 amide bonds. The van der Waals surface area contributed by atoms with Crippen molar-refractivity contribution in [1.29, 1.82) is 0 Å². The van der Waals surface area contributed by atoms with Crippen molar-refractivity contribution in [2.24, 2.45) is 5.92 Å². The number of aromatic nitrogens is 2. The summed E-state index contributed by atoms with van der Waals surface area (Å²) in [6.45, 7) is 4.13. The number of nitrogens with zero attached hydrogens (tertiary/aromatic N) is 2. The summed E-state index contributed by atoms with van der Waals surface area (Å²) in [7, 11) is 0. The molecular weight excluding hydrogens is 182 g/mol. The van der Waals surface area contributed by atoms with Gasteiger partial charge in [0.25, 0.3) is 5.91 Å². The molecule has 0 aromatic carbocycles. The van der Waals surface area contributed by atoms with Gasteiger partial charge in [0, 0.05) is 18.8 Å². The predicted octanol–water partition coefficient (Wildman–Crippen LogP) is 0.794. The molecule has 1 aromatic heterocycles. The van der Waals surface area contributed by atoms with Crippen molar-refractivity contribution in [3.63, 3.8) is 0 Å². The minimum Gasteiger partial charge on any atom is -0.288 e. The first-order chi connectivity index (χ1) is 6.63. The van der Waals surface area contributed by atoms with Crippen LogP contribution in [-0.4, -0.2) is 21.1 Å². The minimum absolute atomic E-state index is 0.250. The number of nitrogens with one attached hydrogen (secondary N) is 1. The molecule has 5 heteroatoms. The molecule has 1 aromatic rings. The van der Waals surface area contributed by atoms with Gasteiger partial charge in [-0.05, 0) is 5.92 Å². The maximum absolute atomic E-state index is 10.9. The molecule has 14 heavy (non-hydrogen) atoms. The number of hydroxylamine groups is 1. The van der Waals surface area contributed by atoms with Crippen LogP contribution in [-0.2, 0) is 6.42 Å². The van der Waals surface area contributed by atoms with Gasteiger partial charge in [-0.3, -0.25) is 10.0 Å². The summed E-state index contributed by atoms with van der Waals surface area (Å²) in [4.78, 5) is 18.9. The van der Waals surface area contributed by atoms with Crippen molar-refractivity contribution in [2.45, 2.75) is 20.3 Å². The Morgan fingerprint density at radius 3 is 2.50 bits per heavy atom. The van der Waals surface area contributed by atoms with Gasteiger partial charge in [-0.15, -0.1) is 0 Å². The van der Waals surface area contributed by atoms with E-state index in [1.54, 1.807) is 0 Å². The zero-order chi connectivity index (χ0) is 10.6. The summed E-state index contributed by atoms with van der Waals surface area (Å²) < 4.78 is 0. The highest BCUT2D eigenvalue weighted by molar-refractivity contribution is 5.92. The van der Waals surface area contributed by atoms with Crippen LogP contribution in [0.1, 0.15) is 30.0 Å². The fourth-order valence-electron chi connectivity index (χ4n) is 1.01. The van der Waals surface area contributed by atoms with Crippen molar-refractivity contribution in [3.05, 3.63) is 23.8 Å². The quantitative estimate of drug-likeness (QED) is 0.552. The SMILES string of the molecule is CC(C)Cc1ncc(C(=O)NO)cn1. The Hall–Kier alpha value is -1.49. The van der Waals surface area contributed by atoms with E-state index in [2.05, 4.69) is 23.8 Å². The fourth-order valence-corrected chi connectivity index (χ4v) is 1.01. The third kappa shape index (κ3) is 2.77. The van der Waals surface area contributed by atoms with Gasteiger partial charge in [0.15, 0.2) is 0 Å². The normalized spacial score (nSPS) is 10.3. The summed E-state index contributed by atoms with van der Waals surface area (Å²) in [5.74, 6) is 0.586. The Bertz CT molecular complexity index is 308. The van der Waals surface area contributed by atoms with E-state index in [1.165, 1.54) is 17.9 Å². The Morgan fingerprint density at radius 1 is 1.50 bits per heavy atom. The van der Waals surface area contributed by atoms with Gasteiger partial charge in [-0.25, -0.2) is 15.4 Å². The molecule has 1 heterocycles. The maximum Gasteiger partial charge on any atom is 0.277 e. The lowest BCUT2D eigenvalue weighted by molar-refractivity contribution is 0.0705. The second kappa shape index (κ2) is 4.66. The third-order valence-electron chi connectivity index (χ3n) is 1.66. The fraction of sp³-hybridized carbons (Fsp3) is 0.444. The third-order valence-corrected chi connectivity index (χ3v) is 1.66. The van der Waals surface area contributed by atoms with Crippen molar-refractivity contribution in [1.82, 2.24) is 15.4 Å². The lowest BCUT2D eigenvalue weighted by Crippen LogP contribution is -2.19. The monoisotopic (exact) mass is 195 g/mol. The van der Waals surface area contributed by atoms with Gasteiger partial charge in [0.05, 0.1) is 5.56 Å². The molecule has 0 radical (unpaired) electrons. The summed E-state index contributed by atoms with van der Waals surface area (Å²) in [6, 6.07) is 0. The summed E-state index contributed by atoms with van der Waals surface area (Å²) in [5.41, 5.74) is 1.77. The van der Waals surface area contributed by atoms with Gasteiger partial charge in [0.1, 0.15) is 5.82 Å². The Labute approximate surface area is 82.2 Å². The molecule has 0 aliphatic carbocycles. The van der Waals surface area contributed by atoms with Gasteiger partial charge >= 0.3 is 0 Å². The van der Waals surface area contributed by atoms with E-state index >= 15 is 0 Å². The first-order valence-corrected chi connectivity index (χ1v) is 4.39. The van der Waals surface area contributed by atoms with Crippen LogP contribution in [0.25, 0.3) is 0 Å². The average molecular weight is 195 g/mol. The Balaban J connectivity index is 2.73. The minimum atomic E-state index is -0.596. The van der Waals surface area contributed by atoms with E-state index in [0.29, 0.717) is 11.7 Å². The van der Waals surface area contributed by atoms with Crippen LogP contribution in [0, 0.1) is 5.92 Å². The van der Waals surface area contributed by atoms with Gasteiger partial charge in [0.2, 0.25) is 0 Å². The number of amides is 1. The number of carbonyl (C=O) groups excluding carboxylic acids is 1. The smallest absolute Gasteiger partial charge is 0.277 e. The Kier molecular flexibility index (Phi) is 3.53. The molecule has 0 saturated heterocycles. The number of hydrogen-bond donors (Lipinski definition) is 2. The number of rotatable bonds is 3. The predicted molar refractivity (Wildman–Crippen MR) is 49.8 cm³/mol. The van der Waals surface area contributed by atoms with Crippen LogP contribution in [0.3, 0.4) is 0 Å². The van der Waals surface area contributed by atoms with Crippen LogP contribution in [0.15, 0.2) is 12.4 Å². The van der Waals surface area contributed by atoms with Crippen LogP contribution < -0.4 is 5.48 Å². The molecule has 0 atom stereocenters. The molecular formula is C9H13N3O2. The highest BCUT2D eigenvalue weighted by Crippen LogP contribution is 2.02. The molecule has 0 fully saturated rings. The van der Waals surface area contributed by atoms with Crippen LogP contribution in [0.5, 0.6) is 0 Å². The largest absolute Gasteiger partial charge is 0.288 e. The van der Waals surface area contributed by atoms with Crippen LogP contribution in [0.2, 0.25) is 0 Å². The van der Waals surface area contributed by atoms with Gasteiger partial charge in [-0.2, -0.15) is 0 Å². The molecule has 0 bridgehead atoms. The summed E-state index contributed by atoms with van der Waals surface area (Å²) in [5, 5.41) is 8.35. The van der Waals surface area contributed by atoms with E-state index in [9.17, 15) is 4.79 Å². The Morgan fingerprint density at radius 2 is 2.07 bits per heavy atom. The van der Waals surface area contributed by atoms with E-state index in [4.69, 9.17) is 5.21 Å². The second-order valence-corrected chi connectivity index (χ2v) is 3.43. The highest BCUT2D eigenvalue weighted by Gasteiger charge is 2.06. The van der Waals surface area contributed by atoms with E-state index in [1.807, 2.05) is 0 Å². The van der Waals surface area contributed by atoms with Crippen molar-refractivity contribution in [2.75, 3.05) is 0 Å². The first kappa shape index (κ1) is 10.6. The van der Waals surface area contributed by atoms with E-state index < -0.39 is 5.91 Å². The number of carbonyl (C=O) groups is 1. The van der Waals surface area contributed by atoms with Gasteiger partial charge in [-0.1, -0.05) is 13.8 Å².